The van der Waals surface area contributed by atoms with Gasteiger partial charge in [-0.05, 0) is 54.4 Å². The number of carboxylic acid groups (broad SMARTS) is 1. The minimum atomic E-state index is -1.00. The maximum absolute atomic E-state index is 12.1. The van der Waals surface area contributed by atoms with E-state index >= 15 is 0 Å². The average Bonchev–Trinajstić information content (AvgIpc) is 3.06. The van der Waals surface area contributed by atoms with Crippen molar-refractivity contribution >= 4 is 44.8 Å². The van der Waals surface area contributed by atoms with Gasteiger partial charge in [0.15, 0.2) is 0 Å². The van der Waals surface area contributed by atoms with E-state index in [0.717, 1.165) is 28.8 Å². The Labute approximate surface area is 160 Å². The fourth-order valence-electron chi connectivity index (χ4n) is 3.43. The van der Waals surface area contributed by atoms with E-state index in [0.29, 0.717) is 11.4 Å². The summed E-state index contributed by atoms with van der Waals surface area (Å²) in [7, 11) is 0. The summed E-state index contributed by atoms with van der Waals surface area (Å²) in [4.78, 5) is 15.6. The van der Waals surface area contributed by atoms with Crippen LogP contribution in [0.3, 0.4) is 0 Å². The van der Waals surface area contributed by atoms with Gasteiger partial charge in [-0.3, -0.25) is 0 Å². The first kappa shape index (κ1) is 16.7. The Morgan fingerprint density at radius 1 is 0.962 bits per heavy atom. The molecule has 0 bridgehead atoms. The van der Waals surface area contributed by atoms with Gasteiger partial charge in [0.2, 0.25) is 0 Å². The molecule has 3 aromatic carbocycles. The zero-order valence-electron chi connectivity index (χ0n) is 14.0. The lowest BCUT2D eigenvalue weighted by Gasteiger charge is -2.28. The van der Waals surface area contributed by atoms with E-state index < -0.39 is 6.09 Å². The number of benzene rings is 3. The van der Waals surface area contributed by atoms with Gasteiger partial charge in [-0.2, -0.15) is 0 Å². The van der Waals surface area contributed by atoms with Crippen molar-refractivity contribution in [2.45, 2.75) is 6.42 Å². The Morgan fingerprint density at radius 3 is 2.46 bits per heavy atom. The van der Waals surface area contributed by atoms with Crippen molar-refractivity contribution in [2.75, 3.05) is 16.3 Å². The lowest BCUT2D eigenvalue weighted by atomic mass is 10.1. The molecule has 0 atom stereocenters. The van der Waals surface area contributed by atoms with Crippen LogP contribution in [0, 0.1) is 0 Å². The second-order valence-electron chi connectivity index (χ2n) is 6.12. The zero-order chi connectivity index (χ0) is 18.1. The zero-order valence-corrected chi connectivity index (χ0v) is 15.6. The number of para-hydroxylation sites is 3. The minimum Gasteiger partial charge on any atom is -0.464 e. The van der Waals surface area contributed by atoms with Gasteiger partial charge in [-0.1, -0.05) is 46.3 Å². The molecule has 0 spiro atoms. The Balaban J connectivity index is 1.83. The molecular weight excluding hydrogens is 392 g/mol. The molecule has 5 heteroatoms. The summed E-state index contributed by atoms with van der Waals surface area (Å²) in [6.07, 6.45) is -0.0690. The number of amides is 1. The molecule has 1 aliphatic heterocycles. The first-order valence-electron chi connectivity index (χ1n) is 8.38. The highest BCUT2D eigenvalue weighted by Gasteiger charge is 2.26. The third-order valence-corrected chi connectivity index (χ3v) is 5.05. The number of rotatable bonds is 3. The number of halogens is 1. The highest BCUT2D eigenvalue weighted by Crippen LogP contribution is 2.42. The van der Waals surface area contributed by atoms with Gasteiger partial charge < -0.3 is 10.0 Å². The van der Waals surface area contributed by atoms with Gasteiger partial charge in [-0.15, -0.1) is 0 Å². The van der Waals surface area contributed by atoms with Crippen LogP contribution in [-0.2, 0) is 6.42 Å². The Hall–Kier alpha value is -2.79. The topological polar surface area (TPSA) is 43.8 Å². The van der Waals surface area contributed by atoms with Crippen molar-refractivity contribution < 1.29 is 9.90 Å². The molecule has 0 saturated carbocycles. The van der Waals surface area contributed by atoms with Gasteiger partial charge in [0, 0.05) is 16.7 Å². The van der Waals surface area contributed by atoms with Crippen LogP contribution in [0.15, 0.2) is 77.3 Å². The monoisotopic (exact) mass is 408 g/mol. The number of anilines is 4. The van der Waals surface area contributed by atoms with Crippen molar-refractivity contribution in [3.05, 3.63) is 82.8 Å². The molecule has 0 unspecified atom stereocenters. The van der Waals surface area contributed by atoms with Crippen LogP contribution < -0.4 is 9.80 Å². The molecule has 0 radical (unpaired) electrons. The molecular formula is C21H17BrN2O2. The summed E-state index contributed by atoms with van der Waals surface area (Å²) in [6.45, 7) is 0.824. The quantitative estimate of drug-likeness (QED) is 0.581. The van der Waals surface area contributed by atoms with Crippen molar-refractivity contribution in [1.82, 2.24) is 0 Å². The van der Waals surface area contributed by atoms with Gasteiger partial charge in [-0.25, -0.2) is 9.69 Å². The molecule has 26 heavy (non-hydrogen) atoms. The summed E-state index contributed by atoms with van der Waals surface area (Å²) >= 11 is 3.52. The number of nitrogens with zero attached hydrogens (tertiary/aromatic N) is 2. The molecule has 3 aromatic rings. The van der Waals surface area contributed by atoms with E-state index in [1.165, 1.54) is 10.5 Å². The van der Waals surface area contributed by atoms with E-state index in [4.69, 9.17) is 0 Å². The van der Waals surface area contributed by atoms with E-state index in [2.05, 4.69) is 33.0 Å². The maximum Gasteiger partial charge on any atom is 0.416 e. The summed E-state index contributed by atoms with van der Waals surface area (Å²) < 4.78 is 1.06. The fraction of sp³-hybridized carbons (Fsp3) is 0.0952. The second-order valence-corrected chi connectivity index (χ2v) is 7.03. The van der Waals surface area contributed by atoms with Crippen LogP contribution >= 0.6 is 15.9 Å². The highest BCUT2D eigenvalue weighted by molar-refractivity contribution is 9.10. The number of hydrogen-bond acceptors (Lipinski definition) is 2. The summed E-state index contributed by atoms with van der Waals surface area (Å²) in [5, 5.41) is 9.88. The normalized spacial score (nSPS) is 12.7. The van der Waals surface area contributed by atoms with Crippen LogP contribution in [0.5, 0.6) is 0 Å². The predicted octanol–water partition coefficient (Wildman–Crippen LogP) is 5.96. The van der Waals surface area contributed by atoms with Crippen LogP contribution in [0.25, 0.3) is 0 Å². The van der Waals surface area contributed by atoms with E-state index in [-0.39, 0.29) is 0 Å². The first-order chi connectivity index (χ1) is 12.6. The van der Waals surface area contributed by atoms with Crippen LogP contribution in [0.1, 0.15) is 5.56 Å². The van der Waals surface area contributed by atoms with Gasteiger partial charge in [0.1, 0.15) is 0 Å². The minimum absolute atomic E-state index is 0.627. The molecule has 1 aliphatic rings. The Morgan fingerprint density at radius 2 is 1.69 bits per heavy atom. The van der Waals surface area contributed by atoms with Crippen molar-refractivity contribution in [3.8, 4) is 0 Å². The second kappa shape index (κ2) is 6.84. The Kier molecular flexibility index (Phi) is 4.39. The SMILES string of the molecule is O=C(O)N(c1ccccc1)c1ccccc1N1CCc2cc(Br)ccc21. The van der Waals surface area contributed by atoms with Crippen molar-refractivity contribution in [2.24, 2.45) is 0 Å². The summed E-state index contributed by atoms with van der Waals surface area (Å²) in [5.41, 5.74) is 4.55. The van der Waals surface area contributed by atoms with Gasteiger partial charge >= 0.3 is 6.09 Å². The predicted molar refractivity (Wildman–Crippen MR) is 108 cm³/mol. The van der Waals surface area contributed by atoms with Crippen LogP contribution in [-0.4, -0.2) is 17.7 Å². The molecule has 4 nitrogen and oxygen atoms in total. The molecule has 0 fully saturated rings. The molecule has 0 aromatic heterocycles. The lowest BCUT2D eigenvalue weighted by molar-refractivity contribution is 0.205. The molecule has 1 amide bonds. The number of hydrogen-bond donors (Lipinski definition) is 1. The molecule has 0 aliphatic carbocycles. The molecule has 130 valence electrons. The van der Waals surface area contributed by atoms with Crippen molar-refractivity contribution in [1.29, 1.82) is 0 Å². The van der Waals surface area contributed by atoms with Crippen LogP contribution in [0.4, 0.5) is 27.5 Å². The number of fused-ring (bicyclic) bond motifs is 1. The van der Waals surface area contributed by atoms with E-state index in [9.17, 15) is 9.90 Å². The largest absolute Gasteiger partial charge is 0.464 e. The summed E-state index contributed by atoms with van der Waals surface area (Å²) in [6, 6.07) is 23.1. The standard InChI is InChI=1S/C21H17BrN2O2/c22-16-10-11-18-15(14-16)12-13-23(18)19-8-4-5-9-20(19)24(21(25)26)17-6-2-1-3-7-17/h1-11,14H,12-13H2,(H,25,26). The highest BCUT2D eigenvalue weighted by atomic mass is 79.9. The smallest absolute Gasteiger partial charge is 0.416 e. The molecule has 1 heterocycles. The average molecular weight is 409 g/mol. The molecule has 0 saturated heterocycles. The van der Waals surface area contributed by atoms with Crippen molar-refractivity contribution in [3.63, 3.8) is 0 Å². The lowest BCUT2D eigenvalue weighted by Crippen LogP contribution is -2.26. The Bertz CT molecular complexity index is 959. The van der Waals surface area contributed by atoms with Gasteiger partial charge in [0.05, 0.1) is 17.1 Å². The third kappa shape index (κ3) is 2.95. The van der Waals surface area contributed by atoms with Gasteiger partial charge in [0.25, 0.3) is 0 Å². The van der Waals surface area contributed by atoms with E-state index in [1.807, 2.05) is 48.5 Å². The van der Waals surface area contributed by atoms with Crippen LogP contribution in [0.2, 0.25) is 0 Å². The fourth-order valence-corrected chi connectivity index (χ4v) is 3.84. The molecule has 1 N–H and O–H groups in total. The third-order valence-electron chi connectivity index (χ3n) is 4.56. The van der Waals surface area contributed by atoms with E-state index in [1.54, 1.807) is 12.1 Å². The first-order valence-corrected chi connectivity index (χ1v) is 9.17. The maximum atomic E-state index is 12.1. The number of carbonyl (C=O) groups is 1. The summed E-state index contributed by atoms with van der Waals surface area (Å²) in [5.74, 6) is 0. The molecule has 4 rings (SSSR count).